The lowest BCUT2D eigenvalue weighted by atomic mass is 9.91. The normalized spacial score (nSPS) is 11.0. The number of hydrogen-bond acceptors (Lipinski definition) is 3. The monoisotopic (exact) mass is 304 g/mol. The predicted molar refractivity (Wildman–Crippen MR) is 89.2 cm³/mol. The zero-order valence-corrected chi connectivity index (χ0v) is 12.4. The highest BCUT2D eigenvalue weighted by Crippen LogP contribution is 2.24. The molecule has 0 aliphatic heterocycles. The molecule has 114 valence electrons. The van der Waals surface area contributed by atoms with Crippen molar-refractivity contribution in [1.29, 1.82) is 0 Å². The zero-order chi connectivity index (χ0) is 15.9. The first-order chi connectivity index (χ1) is 11.3. The van der Waals surface area contributed by atoms with Crippen LogP contribution in [0.15, 0.2) is 88.6 Å². The van der Waals surface area contributed by atoms with Gasteiger partial charge in [-0.1, -0.05) is 60.7 Å². The summed E-state index contributed by atoms with van der Waals surface area (Å²) in [7, 11) is 0. The molecule has 0 atom stereocenters. The van der Waals surface area contributed by atoms with Gasteiger partial charge in [0.15, 0.2) is 0 Å². The number of nitrogens with zero attached hydrogens (tertiary/aromatic N) is 1. The number of furan rings is 1. The first-order valence-electron chi connectivity index (χ1n) is 7.31. The van der Waals surface area contributed by atoms with Crippen molar-refractivity contribution in [3.05, 3.63) is 95.9 Å². The highest BCUT2D eigenvalue weighted by molar-refractivity contribution is 5.88. The second-order valence-corrected chi connectivity index (χ2v) is 5.00. The second kappa shape index (κ2) is 7.22. The van der Waals surface area contributed by atoms with E-state index in [1.54, 1.807) is 18.4 Å². The summed E-state index contributed by atoms with van der Waals surface area (Å²) in [6.45, 7) is 0. The number of carbonyl (C=O) groups is 1. The molecule has 3 aromatic rings. The van der Waals surface area contributed by atoms with Crippen LogP contribution in [0.3, 0.4) is 0 Å². The molecule has 0 aliphatic carbocycles. The van der Waals surface area contributed by atoms with E-state index < -0.39 is 5.92 Å². The average molecular weight is 304 g/mol. The SMILES string of the molecule is O=C(N/N=C/c1ccco1)C(c1ccccc1)c1ccccc1. The summed E-state index contributed by atoms with van der Waals surface area (Å²) >= 11 is 0. The average Bonchev–Trinajstić information content (AvgIpc) is 3.10. The van der Waals surface area contributed by atoms with Crippen molar-refractivity contribution in [2.75, 3.05) is 0 Å². The molecule has 2 aromatic carbocycles. The summed E-state index contributed by atoms with van der Waals surface area (Å²) in [5.41, 5.74) is 4.43. The van der Waals surface area contributed by atoms with E-state index in [0.717, 1.165) is 11.1 Å². The number of benzene rings is 2. The van der Waals surface area contributed by atoms with E-state index in [4.69, 9.17) is 4.42 Å². The molecule has 4 heteroatoms. The van der Waals surface area contributed by atoms with Crippen molar-refractivity contribution < 1.29 is 9.21 Å². The van der Waals surface area contributed by atoms with Crippen molar-refractivity contribution in [3.8, 4) is 0 Å². The quantitative estimate of drug-likeness (QED) is 0.579. The Kier molecular flexibility index (Phi) is 4.64. The van der Waals surface area contributed by atoms with Gasteiger partial charge in [0.05, 0.1) is 18.4 Å². The molecular formula is C19H16N2O2. The summed E-state index contributed by atoms with van der Waals surface area (Å²) in [4.78, 5) is 12.6. The minimum atomic E-state index is -0.411. The minimum Gasteiger partial charge on any atom is -0.463 e. The van der Waals surface area contributed by atoms with Gasteiger partial charge < -0.3 is 4.42 Å². The third kappa shape index (κ3) is 3.74. The van der Waals surface area contributed by atoms with Gasteiger partial charge in [-0.15, -0.1) is 0 Å². The fraction of sp³-hybridized carbons (Fsp3) is 0.0526. The fourth-order valence-electron chi connectivity index (χ4n) is 2.37. The van der Waals surface area contributed by atoms with Crippen LogP contribution in [0, 0.1) is 0 Å². The van der Waals surface area contributed by atoms with Crippen LogP contribution in [0.5, 0.6) is 0 Å². The molecule has 0 radical (unpaired) electrons. The molecule has 0 saturated carbocycles. The van der Waals surface area contributed by atoms with Gasteiger partial charge in [-0.25, -0.2) is 5.43 Å². The highest BCUT2D eigenvalue weighted by Gasteiger charge is 2.22. The van der Waals surface area contributed by atoms with Gasteiger partial charge in [0.25, 0.3) is 5.91 Å². The first-order valence-corrected chi connectivity index (χ1v) is 7.31. The lowest BCUT2D eigenvalue weighted by Gasteiger charge is -2.16. The van der Waals surface area contributed by atoms with Crippen LogP contribution in [-0.2, 0) is 4.79 Å². The Balaban J connectivity index is 1.82. The van der Waals surface area contributed by atoms with E-state index in [-0.39, 0.29) is 5.91 Å². The fourth-order valence-corrected chi connectivity index (χ4v) is 2.37. The molecule has 1 heterocycles. The molecule has 0 saturated heterocycles. The van der Waals surface area contributed by atoms with E-state index in [0.29, 0.717) is 5.76 Å². The van der Waals surface area contributed by atoms with E-state index in [1.165, 1.54) is 6.21 Å². The van der Waals surface area contributed by atoms with Gasteiger partial charge in [0, 0.05) is 0 Å². The second-order valence-electron chi connectivity index (χ2n) is 5.00. The molecule has 0 spiro atoms. The smallest absolute Gasteiger partial charge is 0.252 e. The molecular weight excluding hydrogens is 288 g/mol. The summed E-state index contributed by atoms with van der Waals surface area (Å²) < 4.78 is 5.14. The van der Waals surface area contributed by atoms with Crippen LogP contribution in [0.4, 0.5) is 0 Å². The van der Waals surface area contributed by atoms with Crippen LogP contribution in [0.1, 0.15) is 22.8 Å². The lowest BCUT2D eigenvalue weighted by molar-refractivity contribution is -0.121. The number of carbonyl (C=O) groups excluding carboxylic acids is 1. The summed E-state index contributed by atoms with van der Waals surface area (Å²) in [6, 6.07) is 22.8. The third-order valence-corrected chi connectivity index (χ3v) is 3.44. The molecule has 1 aromatic heterocycles. The molecule has 3 rings (SSSR count). The Morgan fingerprint density at radius 2 is 1.52 bits per heavy atom. The van der Waals surface area contributed by atoms with Crippen LogP contribution >= 0.6 is 0 Å². The van der Waals surface area contributed by atoms with Crippen molar-refractivity contribution in [2.45, 2.75) is 5.92 Å². The molecule has 0 bridgehead atoms. The van der Waals surface area contributed by atoms with Gasteiger partial charge in [-0.3, -0.25) is 4.79 Å². The number of amides is 1. The van der Waals surface area contributed by atoms with Crippen molar-refractivity contribution in [2.24, 2.45) is 5.10 Å². The third-order valence-electron chi connectivity index (χ3n) is 3.44. The number of rotatable bonds is 5. The van der Waals surface area contributed by atoms with Gasteiger partial charge in [0.2, 0.25) is 0 Å². The molecule has 23 heavy (non-hydrogen) atoms. The Hall–Kier alpha value is -3.14. The predicted octanol–water partition coefficient (Wildman–Crippen LogP) is 3.56. The van der Waals surface area contributed by atoms with E-state index in [1.807, 2.05) is 60.7 Å². The van der Waals surface area contributed by atoms with Crippen LogP contribution in [0.2, 0.25) is 0 Å². The van der Waals surface area contributed by atoms with Crippen molar-refractivity contribution in [1.82, 2.24) is 5.43 Å². The van der Waals surface area contributed by atoms with Crippen molar-refractivity contribution >= 4 is 12.1 Å². The van der Waals surface area contributed by atoms with Gasteiger partial charge in [-0.05, 0) is 23.3 Å². The van der Waals surface area contributed by atoms with Crippen LogP contribution in [-0.4, -0.2) is 12.1 Å². The molecule has 1 amide bonds. The summed E-state index contributed by atoms with van der Waals surface area (Å²) in [5.74, 6) is -0.0161. The topological polar surface area (TPSA) is 54.6 Å². The maximum absolute atomic E-state index is 12.6. The van der Waals surface area contributed by atoms with Crippen LogP contribution in [0.25, 0.3) is 0 Å². The zero-order valence-electron chi connectivity index (χ0n) is 12.4. The Bertz CT molecular complexity index is 726. The Labute approximate surface area is 134 Å². The maximum Gasteiger partial charge on any atom is 0.252 e. The number of hydrogen-bond donors (Lipinski definition) is 1. The van der Waals surface area contributed by atoms with Crippen LogP contribution < -0.4 is 5.43 Å². The maximum atomic E-state index is 12.6. The molecule has 1 N–H and O–H groups in total. The van der Waals surface area contributed by atoms with Gasteiger partial charge in [0.1, 0.15) is 5.76 Å². The van der Waals surface area contributed by atoms with Gasteiger partial charge in [-0.2, -0.15) is 5.10 Å². The minimum absolute atomic E-state index is 0.190. The first kappa shape index (κ1) is 14.8. The lowest BCUT2D eigenvalue weighted by Crippen LogP contribution is -2.26. The Morgan fingerprint density at radius 1 is 0.913 bits per heavy atom. The molecule has 0 aliphatic rings. The number of hydrazone groups is 1. The van der Waals surface area contributed by atoms with E-state index in [9.17, 15) is 4.79 Å². The van der Waals surface area contributed by atoms with Crippen molar-refractivity contribution in [3.63, 3.8) is 0 Å². The van der Waals surface area contributed by atoms with Gasteiger partial charge >= 0.3 is 0 Å². The standard InChI is InChI=1S/C19H16N2O2/c22-19(21-20-14-17-12-7-13-23-17)18(15-8-3-1-4-9-15)16-10-5-2-6-11-16/h1-14,18H,(H,21,22)/b20-14+. The summed E-state index contributed by atoms with van der Waals surface area (Å²) in [6.07, 6.45) is 3.03. The summed E-state index contributed by atoms with van der Waals surface area (Å²) in [5, 5.41) is 3.97. The largest absolute Gasteiger partial charge is 0.463 e. The molecule has 0 fully saturated rings. The highest BCUT2D eigenvalue weighted by atomic mass is 16.3. The van der Waals surface area contributed by atoms with E-state index >= 15 is 0 Å². The van der Waals surface area contributed by atoms with E-state index in [2.05, 4.69) is 10.5 Å². The molecule has 4 nitrogen and oxygen atoms in total. The Morgan fingerprint density at radius 3 is 2.04 bits per heavy atom. The number of nitrogens with one attached hydrogen (secondary N) is 1. The molecule has 0 unspecified atom stereocenters.